The summed E-state index contributed by atoms with van der Waals surface area (Å²) in [6.07, 6.45) is 1.24. The standard InChI is InChI=1S/C20H14N6O6S3/c21-35(31,32)19-10-13(25(27)28)6-7-15(19)24-22-11-12-5-8-18(16(9-12)26(29)30)34-20-23-14-3-1-2-4-17(14)33-20/h1-11,24H,(H2,21,31,32)/b22-11-. The number of nitrogens with one attached hydrogen (secondary N) is 1. The summed E-state index contributed by atoms with van der Waals surface area (Å²) >= 11 is 2.60. The Hall–Kier alpha value is -3.92. The first-order chi connectivity index (χ1) is 16.6. The number of nitro groups is 2. The van der Waals surface area contributed by atoms with Gasteiger partial charge >= 0.3 is 0 Å². The van der Waals surface area contributed by atoms with E-state index in [0.717, 1.165) is 28.4 Å². The lowest BCUT2D eigenvalue weighted by atomic mass is 10.2. The number of nitrogens with zero attached hydrogens (tertiary/aromatic N) is 4. The van der Waals surface area contributed by atoms with Crippen molar-refractivity contribution in [1.29, 1.82) is 0 Å². The minimum atomic E-state index is -4.29. The monoisotopic (exact) mass is 530 g/mol. The molecule has 0 fully saturated rings. The van der Waals surface area contributed by atoms with E-state index in [-0.39, 0.29) is 11.4 Å². The van der Waals surface area contributed by atoms with Gasteiger partial charge in [0.1, 0.15) is 4.90 Å². The van der Waals surface area contributed by atoms with Crippen molar-refractivity contribution in [3.05, 3.63) is 86.5 Å². The van der Waals surface area contributed by atoms with Crippen molar-refractivity contribution in [2.45, 2.75) is 14.1 Å². The Morgan fingerprint density at radius 1 is 1.06 bits per heavy atom. The van der Waals surface area contributed by atoms with Gasteiger partial charge in [-0.05, 0) is 24.3 Å². The number of para-hydroxylation sites is 1. The molecule has 0 amide bonds. The van der Waals surface area contributed by atoms with Crippen molar-refractivity contribution in [1.82, 2.24) is 4.98 Å². The van der Waals surface area contributed by atoms with E-state index in [0.29, 0.717) is 14.8 Å². The third-order valence-electron chi connectivity index (χ3n) is 4.53. The molecule has 0 saturated carbocycles. The maximum absolute atomic E-state index is 11.8. The molecule has 1 heterocycles. The van der Waals surface area contributed by atoms with Gasteiger partial charge in [-0.25, -0.2) is 18.5 Å². The molecule has 178 valence electrons. The van der Waals surface area contributed by atoms with Gasteiger partial charge in [0.05, 0.1) is 36.9 Å². The molecule has 0 spiro atoms. The molecular formula is C20H14N6O6S3. The normalized spacial score (nSPS) is 11.7. The average molecular weight is 531 g/mol. The number of benzene rings is 3. The van der Waals surface area contributed by atoms with Crippen LogP contribution in [-0.2, 0) is 10.0 Å². The van der Waals surface area contributed by atoms with E-state index < -0.39 is 30.5 Å². The fraction of sp³-hybridized carbons (Fsp3) is 0. The number of hydrazone groups is 1. The SMILES string of the molecule is NS(=O)(=O)c1cc([N+](=O)[O-])ccc1N/N=C\c1ccc(Sc2nc3ccccc3s2)c([N+](=O)[O-])c1. The second-order valence-corrected chi connectivity index (χ2v) is 10.7. The van der Waals surface area contributed by atoms with Gasteiger partial charge in [0.25, 0.3) is 11.4 Å². The van der Waals surface area contributed by atoms with Crippen LogP contribution in [0, 0.1) is 20.2 Å². The van der Waals surface area contributed by atoms with Crippen molar-refractivity contribution in [3.8, 4) is 0 Å². The van der Waals surface area contributed by atoms with Gasteiger partial charge in [0.2, 0.25) is 10.0 Å². The maximum Gasteiger partial charge on any atom is 0.283 e. The third kappa shape index (κ3) is 5.60. The molecule has 15 heteroatoms. The van der Waals surface area contributed by atoms with E-state index in [1.54, 1.807) is 12.1 Å². The average Bonchev–Trinajstić information content (AvgIpc) is 3.21. The zero-order chi connectivity index (χ0) is 25.2. The summed E-state index contributed by atoms with van der Waals surface area (Å²) in [5, 5.41) is 31.6. The van der Waals surface area contributed by atoms with Crippen molar-refractivity contribution < 1.29 is 18.3 Å². The number of hydrogen-bond donors (Lipinski definition) is 2. The summed E-state index contributed by atoms with van der Waals surface area (Å²) in [7, 11) is -4.29. The minimum Gasteiger partial charge on any atom is -0.277 e. The fourth-order valence-electron chi connectivity index (χ4n) is 2.96. The predicted octanol–water partition coefficient (Wildman–Crippen LogP) is 4.36. The molecule has 3 aromatic carbocycles. The lowest BCUT2D eigenvalue weighted by Gasteiger charge is -2.07. The summed E-state index contributed by atoms with van der Waals surface area (Å²) in [5.41, 5.74) is 2.92. The highest BCUT2D eigenvalue weighted by Gasteiger charge is 2.20. The molecule has 0 saturated heterocycles. The highest BCUT2D eigenvalue weighted by atomic mass is 32.2. The topological polar surface area (TPSA) is 184 Å². The van der Waals surface area contributed by atoms with Crippen LogP contribution < -0.4 is 10.6 Å². The third-order valence-corrected chi connectivity index (χ3v) is 7.65. The van der Waals surface area contributed by atoms with E-state index in [1.807, 2.05) is 24.3 Å². The Kier molecular flexibility index (Phi) is 6.74. The number of nitrogens with two attached hydrogens (primary N) is 1. The quantitative estimate of drug-likeness (QED) is 0.190. The highest BCUT2D eigenvalue weighted by Crippen LogP contribution is 2.38. The van der Waals surface area contributed by atoms with Crippen molar-refractivity contribution in [3.63, 3.8) is 0 Å². The number of rotatable bonds is 8. The molecule has 0 aliphatic carbocycles. The van der Waals surface area contributed by atoms with Gasteiger partial charge in [-0.3, -0.25) is 25.7 Å². The Morgan fingerprint density at radius 3 is 2.51 bits per heavy atom. The zero-order valence-electron chi connectivity index (χ0n) is 17.4. The lowest BCUT2D eigenvalue weighted by Crippen LogP contribution is -2.14. The molecule has 0 unspecified atom stereocenters. The van der Waals surface area contributed by atoms with Gasteiger partial charge in [0.15, 0.2) is 4.34 Å². The van der Waals surface area contributed by atoms with Crippen LogP contribution in [0.4, 0.5) is 17.1 Å². The lowest BCUT2D eigenvalue weighted by molar-refractivity contribution is -0.387. The number of anilines is 1. The molecule has 3 N–H and O–H groups in total. The van der Waals surface area contributed by atoms with Crippen LogP contribution in [-0.4, -0.2) is 29.5 Å². The molecule has 1 aromatic heterocycles. The van der Waals surface area contributed by atoms with Crippen LogP contribution in [0.25, 0.3) is 10.2 Å². The summed E-state index contributed by atoms with van der Waals surface area (Å²) in [6, 6.07) is 15.1. The number of nitro benzene ring substituents is 2. The van der Waals surface area contributed by atoms with Crippen LogP contribution in [0.1, 0.15) is 5.56 Å². The maximum atomic E-state index is 11.8. The summed E-state index contributed by atoms with van der Waals surface area (Å²) < 4.78 is 25.2. The predicted molar refractivity (Wildman–Crippen MR) is 133 cm³/mol. The molecule has 12 nitrogen and oxygen atoms in total. The van der Waals surface area contributed by atoms with Gasteiger partial charge in [0, 0.05) is 23.8 Å². The first-order valence-corrected chi connectivity index (χ1v) is 12.7. The summed E-state index contributed by atoms with van der Waals surface area (Å²) in [4.78, 5) is 25.7. The number of hydrogen-bond acceptors (Lipinski definition) is 11. The van der Waals surface area contributed by atoms with E-state index in [2.05, 4.69) is 15.5 Å². The van der Waals surface area contributed by atoms with Crippen LogP contribution in [0.15, 0.2) is 79.9 Å². The van der Waals surface area contributed by atoms with Crippen molar-refractivity contribution in [2.75, 3.05) is 5.43 Å². The van der Waals surface area contributed by atoms with E-state index in [9.17, 15) is 28.6 Å². The number of fused-ring (bicyclic) bond motifs is 1. The van der Waals surface area contributed by atoms with E-state index in [4.69, 9.17) is 5.14 Å². The van der Waals surface area contributed by atoms with Gasteiger partial charge in [-0.15, -0.1) is 11.3 Å². The Morgan fingerprint density at radius 2 is 1.83 bits per heavy atom. The molecule has 0 atom stereocenters. The van der Waals surface area contributed by atoms with Crippen LogP contribution in [0.5, 0.6) is 0 Å². The first-order valence-electron chi connectivity index (χ1n) is 9.54. The number of primary sulfonamides is 1. The summed E-state index contributed by atoms with van der Waals surface area (Å²) in [5.74, 6) is 0. The second kappa shape index (κ2) is 9.75. The Balaban J connectivity index is 1.57. The molecule has 0 aliphatic heterocycles. The fourth-order valence-corrected chi connectivity index (χ4v) is 5.77. The van der Waals surface area contributed by atoms with Crippen LogP contribution in [0.2, 0.25) is 0 Å². The molecular weight excluding hydrogens is 516 g/mol. The molecule has 35 heavy (non-hydrogen) atoms. The van der Waals surface area contributed by atoms with Crippen LogP contribution >= 0.6 is 23.1 Å². The number of aromatic nitrogens is 1. The second-order valence-electron chi connectivity index (χ2n) is 6.89. The van der Waals surface area contributed by atoms with Crippen LogP contribution in [0.3, 0.4) is 0 Å². The minimum absolute atomic E-state index is 0.0909. The smallest absolute Gasteiger partial charge is 0.277 e. The summed E-state index contributed by atoms with van der Waals surface area (Å²) in [6.45, 7) is 0. The zero-order valence-corrected chi connectivity index (χ0v) is 19.8. The highest BCUT2D eigenvalue weighted by molar-refractivity contribution is 8.01. The van der Waals surface area contributed by atoms with Gasteiger partial charge in [-0.2, -0.15) is 5.10 Å². The van der Waals surface area contributed by atoms with Crippen molar-refractivity contribution in [2.24, 2.45) is 10.2 Å². The van der Waals surface area contributed by atoms with Crippen molar-refractivity contribution >= 4 is 66.6 Å². The molecule has 0 bridgehead atoms. The van der Waals surface area contributed by atoms with Gasteiger partial charge in [-0.1, -0.05) is 30.0 Å². The van der Waals surface area contributed by atoms with Gasteiger partial charge < -0.3 is 0 Å². The first kappa shape index (κ1) is 24.2. The van der Waals surface area contributed by atoms with E-state index in [1.165, 1.54) is 35.4 Å². The molecule has 0 aliphatic rings. The number of sulfonamides is 1. The molecule has 4 aromatic rings. The number of thiazole rings is 1. The Labute approximate surface area is 205 Å². The number of non-ortho nitro benzene ring substituents is 1. The molecule has 4 rings (SSSR count). The molecule has 0 radical (unpaired) electrons. The Bertz CT molecular complexity index is 1570. The largest absolute Gasteiger partial charge is 0.283 e. The van der Waals surface area contributed by atoms with E-state index >= 15 is 0 Å².